The van der Waals surface area contributed by atoms with Crippen LogP contribution in [0.4, 0.5) is 4.39 Å². The van der Waals surface area contributed by atoms with E-state index < -0.39 is 47.8 Å². The lowest BCUT2D eigenvalue weighted by molar-refractivity contribution is -0.156. The van der Waals surface area contributed by atoms with E-state index in [0.29, 0.717) is 0 Å². The van der Waals surface area contributed by atoms with E-state index in [1.165, 1.54) is 0 Å². The average molecular weight is 330 g/mol. The predicted molar refractivity (Wildman–Crippen MR) is 72.3 cm³/mol. The van der Waals surface area contributed by atoms with Crippen LogP contribution in [0.25, 0.3) is 0 Å². The third-order valence-electron chi connectivity index (χ3n) is 3.15. The van der Waals surface area contributed by atoms with E-state index in [1.54, 1.807) is 0 Å². The minimum absolute atomic E-state index is 0.345. The number of hydrogen-bond donors (Lipinski definition) is 1. The molecule has 10 heteroatoms. The van der Waals surface area contributed by atoms with Gasteiger partial charge in [0.25, 0.3) is 5.56 Å². The van der Waals surface area contributed by atoms with Gasteiger partial charge in [0.1, 0.15) is 12.7 Å². The van der Waals surface area contributed by atoms with Gasteiger partial charge in [-0.05, 0) is 0 Å². The van der Waals surface area contributed by atoms with Crippen molar-refractivity contribution in [3.8, 4) is 0 Å². The quantitative estimate of drug-likeness (QED) is 0.723. The summed E-state index contributed by atoms with van der Waals surface area (Å²) < 4.78 is 30.4. The second-order valence-electron chi connectivity index (χ2n) is 4.90. The highest BCUT2D eigenvalue weighted by atomic mass is 19.1. The molecule has 0 aromatic carbocycles. The fourth-order valence-corrected chi connectivity index (χ4v) is 2.21. The minimum Gasteiger partial charge on any atom is -0.463 e. The number of carbonyl (C=O) groups is 2. The van der Waals surface area contributed by atoms with Crippen LogP contribution >= 0.6 is 0 Å². The van der Waals surface area contributed by atoms with Gasteiger partial charge in [-0.15, -0.1) is 0 Å². The summed E-state index contributed by atoms with van der Waals surface area (Å²) in [6.45, 7) is 1.91. The van der Waals surface area contributed by atoms with E-state index in [9.17, 15) is 23.6 Å². The molecule has 1 aromatic heterocycles. The van der Waals surface area contributed by atoms with Crippen molar-refractivity contribution in [2.24, 2.45) is 0 Å². The molecule has 0 aliphatic carbocycles. The SMILES string of the molecule is CC(=O)OC[C@H]1O[C@@H](n2ccc(=O)[nH]c2=O)[C@@H](F)[C@H]1OC(C)=O. The van der Waals surface area contributed by atoms with Gasteiger partial charge < -0.3 is 14.2 Å². The molecule has 1 aliphatic rings. The first kappa shape index (κ1) is 16.9. The van der Waals surface area contributed by atoms with Crippen LogP contribution in [0, 0.1) is 0 Å². The van der Waals surface area contributed by atoms with Gasteiger partial charge in [0.15, 0.2) is 18.5 Å². The number of esters is 2. The zero-order valence-electron chi connectivity index (χ0n) is 12.4. The fraction of sp³-hybridized carbons (Fsp3) is 0.538. The number of ether oxygens (including phenoxy) is 3. The lowest BCUT2D eigenvalue weighted by atomic mass is 10.1. The van der Waals surface area contributed by atoms with Crippen molar-refractivity contribution >= 4 is 11.9 Å². The number of halogens is 1. The van der Waals surface area contributed by atoms with Crippen molar-refractivity contribution in [3.63, 3.8) is 0 Å². The van der Waals surface area contributed by atoms with Gasteiger partial charge in [0, 0.05) is 26.1 Å². The van der Waals surface area contributed by atoms with E-state index in [1.807, 2.05) is 4.98 Å². The molecule has 1 N–H and O–H groups in total. The molecule has 1 aliphatic heterocycles. The molecule has 9 nitrogen and oxygen atoms in total. The molecule has 1 fully saturated rings. The number of nitrogens with one attached hydrogen (secondary N) is 1. The molecule has 0 spiro atoms. The Morgan fingerprint density at radius 3 is 2.61 bits per heavy atom. The first-order valence-electron chi connectivity index (χ1n) is 6.71. The molecule has 23 heavy (non-hydrogen) atoms. The van der Waals surface area contributed by atoms with Crippen LogP contribution in [0.3, 0.4) is 0 Å². The summed E-state index contributed by atoms with van der Waals surface area (Å²) in [4.78, 5) is 46.8. The predicted octanol–water partition coefficient (Wildman–Crippen LogP) is -0.733. The van der Waals surface area contributed by atoms with Crippen molar-refractivity contribution in [1.29, 1.82) is 0 Å². The summed E-state index contributed by atoms with van der Waals surface area (Å²) in [6.07, 6.45) is -4.68. The Bertz CT molecular complexity index is 713. The maximum Gasteiger partial charge on any atom is 0.330 e. The second kappa shape index (κ2) is 6.73. The van der Waals surface area contributed by atoms with Crippen LogP contribution in [0.2, 0.25) is 0 Å². The number of H-pyrrole nitrogens is 1. The van der Waals surface area contributed by atoms with Crippen LogP contribution in [0.15, 0.2) is 21.9 Å². The molecule has 1 saturated heterocycles. The number of carbonyl (C=O) groups excluding carboxylic acids is 2. The van der Waals surface area contributed by atoms with Crippen molar-refractivity contribution in [1.82, 2.24) is 9.55 Å². The van der Waals surface area contributed by atoms with E-state index in [-0.39, 0.29) is 6.61 Å². The zero-order valence-corrected chi connectivity index (χ0v) is 12.4. The van der Waals surface area contributed by atoms with Gasteiger partial charge in [0.2, 0.25) is 0 Å². The molecule has 0 unspecified atom stereocenters. The Morgan fingerprint density at radius 1 is 1.35 bits per heavy atom. The molecule has 2 heterocycles. The Kier molecular flexibility index (Phi) is 4.94. The van der Waals surface area contributed by atoms with Crippen LogP contribution in [-0.2, 0) is 23.8 Å². The first-order valence-corrected chi connectivity index (χ1v) is 6.71. The minimum atomic E-state index is -1.89. The summed E-state index contributed by atoms with van der Waals surface area (Å²) in [5, 5.41) is 0. The molecule has 0 saturated carbocycles. The smallest absolute Gasteiger partial charge is 0.330 e. The summed E-state index contributed by atoms with van der Waals surface area (Å²) in [7, 11) is 0. The van der Waals surface area contributed by atoms with E-state index in [2.05, 4.69) is 0 Å². The molecule has 0 bridgehead atoms. The van der Waals surface area contributed by atoms with E-state index in [0.717, 1.165) is 30.7 Å². The zero-order chi connectivity index (χ0) is 17.1. The standard InChI is InChI=1S/C13H15FN2O7/c1-6(17)21-5-8-11(22-7(2)18)10(14)12(23-8)16-4-3-9(19)15-13(16)20/h3-4,8,10-12H,5H2,1-2H3,(H,15,19,20)/t8-,10+,11+,12-/m1/s1. The van der Waals surface area contributed by atoms with E-state index >= 15 is 0 Å². The number of nitrogens with zero attached hydrogens (tertiary/aromatic N) is 1. The molecule has 1 aromatic rings. The maximum atomic E-state index is 14.6. The first-order chi connectivity index (χ1) is 10.8. The Labute approximate surface area is 129 Å². The number of hydrogen-bond acceptors (Lipinski definition) is 7. The Balaban J connectivity index is 2.27. The third-order valence-corrected chi connectivity index (χ3v) is 3.15. The highest BCUT2D eigenvalue weighted by Gasteiger charge is 2.49. The van der Waals surface area contributed by atoms with Crippen molar-refractivity contribution in [3.05, 3.63) is 33.1 Å². The highest BCUT2D eigenvalue weighted by molar-refractivity contribution is 5.66. The third kappa shape index (κ3) is 3.83. The lowest BCUT2D eigenvalue weighted by Crippen LogP contribution is -2.37. The van der Waals surface area contributed by atoms with Crippen LogP contribution in [0.1, 0.15) is 20.1 Å². The molecule has 0 radical (unpaired) electrons. The number of aromatic amines is 1. The van der Waals surface area contributed by atoms with Gasteiger partial charge in [-0.3, -0.25) is 23.9 Å². The van der Waals surface area contributed by atoms with Gasteiger partial charge >= 0.3 is 17.6 Å². The largest absolute Gasteiger partial charge is 0.463 e. The Morgan fingerprint density at radius 2 is 2.04 bits per heavy atom. The van der Waals surface area contributed by atoms with E-state index in [4.69, 9.17) is 14.2 Å². The summed E-state index contributed by atoms with van der Waals surface area (Å²) in [5.74, 6) is -1.36. The molecular formula is C13H15FN2O7. The van der Waals surface area contributed by atoms with Crippen molar-refractivity contribution in [2.45, 2.75) is 38.5 Å². The van der Waals surface area contributed by atoms with Crippen molar-refractivity contribution in [2.75, 3.05) is 6.61 Å². The average Bonchev–Trinajstić information content (AvgIpc) is 2.73. The van der Waals surface area contributed by atoms with Gasteiger partial charge in [0.05, 0.1) is 0 Å². The monoisotopic (exact) mass is 330 g/mol. The van der Waals surface area contributed by atoms with Gasteiger partial charge in [-0.25, -0.2) is 9.18 Å². The molecule has 2 rings (SSSR count). The molecular weight excluding hydrogens is 315 g/mol. The fourth-order valence-electron chi connectivity index (χ4n) is 2.21. The van der Waals surface area contributed by atoms with Crippen molar-refractivity contribution < 1.29 is 28.2 Å². The molecule has 4 atom stereocenters. The molecule has 0 amide bonds. The van der Waals surface area contributed by atoms with Gasteiger partial charge in [-0.2, -0.15) is 0 Å². The van der Waals surface area contributed by atoms with Crippen LogP contribution in [-0.4, -0.2) is 46.5 Å². The summed E-state index contributed by atoms with van der Waals surface area (Å²) >= 11 is 0. The molecule has 126 valence electrons. The number of alkyl halides is 1. The maximum absolute atomic E-state index is 14.6. The topological polar surface area (TPSA) is 117 Å². The van der Waals surface area contributed by atoms with Crippen LogP contribution < -0.4 is 11.2 Å². The summed E-state index contributed by atoms with van der Waals surface area (Å²) in [6, 6.07) is 1.03. The number of aromatic nitrogens is 2. The number of rotatable bonds is 4. The lowest BCUT2D eigenvalue weighted by Gasteiger charge is -2.18. The normalized spacial score (nSPS) is 26.7. The Hall–Kier alpha value is -2.49. The summed E-state index contributed by atoms with van der Waals surface area (Å²) in [5.41, 5.74) is -1.52. The van der Waals surface area contributed by atoms with Crippen LogP contribution in [0.5, 0.6) is 0 Å². The van der Waals surface area contributed by atoms with Gasteiger partial charge in [-0.1, -0.05) is 0 Å². The second-order valence-corrected chi connectivity index (χ2v) is 4.90. The highest BCUT2D eigenvalue weighted by Crippen LogP contribution is 2.33.